The molecule has 0 spiro atoms. The van der Waals surface area contributed by atoms with Crippen molar-refractivity contribution in [1.29, 1.82) is 5.26 Å². The van der Waals surface area contributed by atoms with Crippen molar-refractivity contribution in [1.82, 2.24) is 0 Å². The highest BCUT2D eigenvalue weighted by molar-refractivity contribution is 6.17. The summed E-state index contributed by atoms with van der Waals surface area (Å²) in [5, 5.41) is 17.6. The molecule has 72 valence electrons. The van der Waals surface area contributed by atoms with Gasteiger partial charge in [-0.3, -0.25) is 0 Å². The van der Waals surface area contributed by atoms with Gasteiger partial charge in [0.05, 0.1) is 17.2 Å². The summed E-state index contributed by atoms with van der Waals surface area (Å²) in [5.74, 6) is -0.920. The van der Waals surface area contributed by atoms with Crippen LogP contribution in [0, 0.1) is 18.3 Å². The Labute approximate surface area is 86.5 Å². The van der Waals surface area contributed by atoms with Gasteiger partial charge in [0, 0.05) is 5.88 Å². The van der Waals surface area contributed by atoms with E-state index in [4.69, 9.17) is 22.0 Å². The molecule has 0 saturated heterocycles. The largest absolute Gasteiger partial charge is 0.478 e. The first-order valence-electron chi connectivity index (χ1n) is 3.93. The molecule has 0 radical (unpaired) electrons. The van der Waals surface area contributed by atoms with Crippen LogP contribution >= 0.6 is 11.6 Å². The van der Waals surface area contributed by atoms with E-state index in [0.717, 1.165) is 0 Å². The summed E-state index contributed by atoms with van der Waals surface area (Å²) in [6.45, 7) is 1.70. The number of halogens is 1. The number of hydrogen-bond acceptors (Lipinski definition) is 2. The summed E-state index contributed by atoms with van der Waals surface area (Å²) in [4.78, 5) is 10.8. The maximum atomic E-state index is 10.8. The van der Waals surface area contributed by atoms with Gasteiger partial charge in [-0.25, -0.2) is 4.79 Å². The van der Waals surface area contributed by atoms with E-state index in [2.05, 4.69) is 0 Å². The lowest BCUT2D eigenvalue weighted by Crippen LogP contribution is -2.04. The average molecular weight is 210 g/mol. The molecule has 1 rings (SSSR count). The fourth-order valence-electron chi connectivity index (χ4n) is 1.25. The summed E-state index contributed by atoms with van der Waals surface area (Å²) in [7, 11) is 0. The molecule has 1 aromatic carbocycles. The van der Waals surface area contributed by atoms with Gasteiger partial charge in [0.25, 0.3) is 0 Å². The number of carbonyl (C=O) groups is 1. The summed E-state index contributed by atoms with van der Waals surface area (Å²) in [6.07, 6.45) is 0. The molecule has 0 saturated carbocycles. The van der Waals surface area contributed by atoms with Gasteiger partial charge >= 0.3 is 5.97 Å². The van der Waals surface area contributed by atoms with Crippen molar-refractivity contribution < 1.29 is 9.90 Å². The highest BCUT2D eigenvalue weighted by Gasteiger charge is 2.13. The van der Waals surface area contributed by atoms with Crippen LogP contribution in [0.2, 0.25) is 0 Å². The second-order valence-electron chi connectivity index (χ2n) is 2.81. The molecule has 0 fully saturated rings. The van der Waals surface area contributed by atoms with Gasteiger partial charge < -0.3 is 5.11 Å². The van der Waals surface area contributed by atoms with Crippen LogP contribution < -0.4 is 0 Å². The Hall–Kier alpha value is -1.53. The van der Waals surface area contributed by atoms with Crippen molar-refractivity contribution in [3.63, 3.8) is 0 Å². The molecule has 4 heteroatoms. The normalized spacial score (nSPS) is 9.50. The Kier molecular flexibility index (Phi) is 3.10. The zero-order chi connectivity index (χ0) is 10.7. The number of hydrogen-bond donors (Lipinski definition) is 1. The molecule has 0 aliphatic heterocycles. The second kappa shape index (κ2) is 4.12. The van der Waals surface area contributed by atoms with Crippen molar-refractivity contribution in [2.75, 3.05) is 0 Å². The van der Waals surface area contributed by atoms with Crippen molar-refractivity contribution in [3.05, 3.63) is 34.4 Å². The van der Waals surface area contributed by atoms with Gasteiger partial charge in [-0.15, -0.1) is 11.6 Å². The fourth-order valence-corrected chi connectivity index (χ4v) is 1.59. The number of carboxylic acids is 1. The standard InChI is InChI=1S/C10H8ClNO2/c1-6-7(5-12)2-3-8(10(13)14)9(6)4-11/h2-3H,4H2,1H3,(H,13,14). The van der Waals surface area contributed by atoms with E-state index >= 15 is 0 Å². The molecule has 3 nitrogen and oxygen atoms in total. The molecular weight excluding hydrogens is 202 g/mol. The Balaban J connectivity index is 3.45. The van der Waals surface area contributed by atoms with Crippen LogP contribution in [0.5, 0.6) is 0 Å². The third-order valence-corrected chi connectivity index (χ3v) is 2.35. The van der Waals surface area contributed by atoms with E-state index in [0.29, 0.717) is 16.7 Å². The lowest BCUT2D eigenvalue weighted by Gasteiger charge is -2.07. The predicted octanol–water partition coefficient (Wildman–Crippen LogP) is 2.30. The van der Waals surface area contributed by atoms with Gasteiger partial charge in [0.1, 0.15) is 0 Å². The van der Waals surface area contributed by atoms with Gasteiger partial charge in [-0.05, 0) is 30.2 Å². The molecule has 0 aliphatic rings. The number of nitrogens with zero attached hydrogens (tertiary/aromatic N) is 1. The molecule has 0 aromatic heterocycles. The summed E-state index contributed by atoms with van der Waals surface area (Å²) in [5.41, 5.74) is 1.78. The minimum atomic E-state index is -1.02. The van der Waals surface area contributed by atoms with Gasteiger partial charge in [0.2, 0.25) is 0 Å². The van der Waals surface area contributed by atoms with Crippen molar-refractivity contribution in [2.45, 2.75) is 12.8 Å². The molecule has 0 bridgehead atoms. The molecule has 14 heavy (non-hydrogen) atoms. The first-order valence-corrected chi connectivity index (χ1v) is 4.47. The average Bonchev–Trinajstić information content (AvgIpc) is 2.17. The molecule has 0 heterocycles. The van der Waals surface area contributed by atoms with Gasteiger partial charge in [0.15, 0.2) is 0 Å². The minimum Gasteiger partial charge on any atom is -0.478 e. The lowest BCUT2D eigenvalue weighted by atomic mass is 9.99. The number of alkyl halides is 1. The fraction of sp³-hybridized carbons (Fsp3) is 0.200. The van der Waals surface area contributed by atoms with Crippen LogP contribution in [0.1, 0.15) is 27.0 Å². The summed E-state index contributed by atoms with van der Waals surface area (Å²) >= 11 is 5.64. The molecular formula is C10H8ClNO2. The minimum absolute atomic E-state index is 0.100. The molecule has 0 aliphatic carbocycles. The Morgan fingerprint density at radius 1 is 1.64 bits per heavy atom. The van der Waals surface area contributed by atoms with Crippen LogP contribution in [0.3, 0.4) is 0 Å². The van der Waals surface area contributed by atoms with E-state index in [1.807, 2.05) is 6.07 Å². The number of aromatic carboxylic acids is 1. The van der Waals surface area contributed by atoms with Gasteiger partial charge in [-0.1, -0.05) is 0 Å². The van der Waals surface area contributed by atoms with Crippen LogP contribution in [0.4, 0.5) is 0 Å². The molecule has 1 aromatic rings. The monoisotopic (exact) mass is 209 g/mol. The Morgan fingerprint density at radius 3 is 2.71 bits per heavy atom. The first kappa shape index (κ1) is 10.6. The zero-order valence-electron chi connectivity index (χ0n) is 7.54. The SMILES string of the molecule is Cc1c(C#N)ccc(C(=O)O)c1CCl. The van der Waals surface area contributed by atoms with E-state index in [-0.39, 0.29) is 11.4 Å². The van der Waals surface area contributed by atoms with E-state index < -0.39 is 5.97 Å². The predicted molar refractivity (Wildman–Crippen MR) is 52.4 cm³/mol. The molecule has 1 N–H and O–H groups in total. The van der Waals surface area contributed by atoms with Crippen LogP contribution in [0.15, 0.2) is 12.1 Å². The maximum Gasteiger partial charge on any atom is 0.336 e. The lowest BCUT2D eigenvalue weighted by molar-refractivity contribution is 0.0696. The topological polar surface area (TPSA) is 61.1 Å². The van der Waals surface area contributed by atoms with Crippen LogP contribution in [0.25, 0.3) is 0 Å². The third kappa shape index (κ3) is 1.70. The van der Waals surface area contributed by atoms with E-state index in [9.17, 15) is 4.79 Å². The van der Waals surface area contributed by atoms with Crippen molar-refractivity contribution in [2.24, 2.45) is 0 Å². The van der Waals surface area contributed by atoms with E-state index in [1.54, 1.807) is 6.92 Å². The van der Waals surface area contributed by atoms with Crippen LogP contribution in [-0.2, 0) is 5.88 Å². The smallest absolute Gasteiger partial charge is 0.336 e. The first-order chi connectivity index (χ1) is 6.61. The number of benzene rings is 1. The third-order valence-electron chi connectivity index (χ3n) is 2.08. The highest BCUT2D eigenvalue weighted by atomic mass is 35.5. The van der Waals surface area contributed by atoms with E-state index in [1.165, 1.54) is 12.1 Å². The number of nitriles is 1. The highest BCUT2D eigenvalue weighted by Crippen LogP contribution is 2.20. The number of rotatable bonds is 2. The van der Waals surface area contributed by atoms with Gasteiger partial charge in [-0.2, -0.15) is 5.26 Å². The summed E-state index contributed by atoms with van der Waals surface area (Å²) in [6, 6.07) is 4.89. The second-order valence-corrected chi connectivity index (χ2v) is 3.08. The van der Waals surface area contributed by atoms with Crippen molar-refractivity contribution >= 4 is 17.6 Å². The molecule has 0 unspecified atom stereocenters. The Bertz CT molecular complexity index is 421. The quantitative estimate of drug-likeness (QED) is 0.761. The molecule has 0 amide bonds. The van der Waals surface area contributed by atoms with Crippen molar-refractivity contribution in [3.8, 4) is 6.07 Å². The maximum absolute atomic E-state index is 10.8. The van der Waals surface area contributed by atoms with Crippen LogP contribution in [-0.4, -0.2) is 11.1 Å². The zero-order valence-corrected chi connectivity index (χ0v) is 8.30. The summed E-state index contributed by atoms with van der Waals surface area (Å²) < 4.78 is 0. The number of carboxylic acid groups (broad SMARTS) is 1. The Morgan fingerprint density at radius 2 is 2.29 bits per heavy atom. The molecule has 0 atom stereocenters.